The second kappa shape index (κ2) is 10.7. The Kier molecular flexibility index (Phi) is 8.16. The zero-order chi connectivity index (χ0) is 17.0. The fourth-order valence-corrected chi connectivity index (χ4v) is 2.84. The van der Waals surface area contributed by atoms with Crippen LogP contribution in [0, 0.1) is 0 Å². The van der Waals surface area contributed by atoms with E-state index in [0.29, 0.717) is 19.5 Å². The van der Waals surface area contributed by atoms with Crippen LogP contribution in [0.5, 0.6) is 0 Å². The third kappa shape index (κ3) is 6.61. The first-order chi connectivity index (χ1) is 11.8. The summed E-state index contributed by atoms with van der Waals surface area (Å²) in [6, 6.07) is 13.9. The molecule has 1 aromatic carbocycles. The van der Waals surface area contributed by atoms with Crippen molar-refractivity contribution >= 4 is 5.91 Å². The number of benzene rings is 1. The van der Waals surface area contributed by atoms with Gasteiger partial charge in [-0.1, -0.05) is 69.4 Å². The van der Waals surface area contributed by atoms with Crippen LogP contribution in [0.15, 0.2) is 53.1 Å². The first-order valence-corrected chi connectivity index (χ1v) is 9.13. The van der Waals surface area contributed by atoms with Crippen LogP contribution in [-0.4, -0.2) is 10.8 Å². The number of unbranched alkanes of at least 4 members (excludes halogenated alkanes) is 5. The molecule has 3 heteroatoms. The lowest BCUT2D eigenvalue weighted by atomic mass is 10.1. The topological polar surface area (TPSA) is 33.5 Å². The summed E-state index contributed by atoms with van der Waals surface area (Å²) in [4.78, 5) is 14.5. The second-order valence-electron chi connectivity index (χ2n) is 6.33. The van der Waals surface area contributed by atoms with E-state index >= 15 is 0 Å². The van der Waals surface area contributed by atoms with Crippen molar-refractivity contribution in [3.8, 4) is 0 Å². The first kappa shape index (κ1) is 18.3. The lowest BCUT2D eigenvalue weighted by Gasteiger charge is -2.22. The first-order valence-electron chi connectivity index (χ1n) is 9.13. The summed E-state index contributed by atoms with van der Waals surface area (Å²) in [5, 5.41) is 0. The van der Waals surface area contributed by atoms with Crippen molar-refractivity contribution in [2.75, 3.05) is 0 Å². The molecular weight excluding hydrogens is 298 g/mol. The quantitative estimate of drug-likeness (QED) is 0.506. The van der Waals surface area contributed by atoms with Crippen LogP contribution in [0.3, 0.4) is 0 Å². The number of amides is 1. The lowest BCUT2D eigenvalue weighted by molar-refractivity contribution is -0.132. The summed E-state index contributed by atoms with van der Waals surface area (Å²) in [5.41, 5.74) is 1.15. The number of rotatable bonds is 11. The predicted octanol–water partition coefficient (Wildman–Crippen LogP) is 5.56. The van der Waals surface area contributed by atoms with Gasteiger partial charge in [0, 0.05) is 13.0 Å². The molecule has 3 nitrogen and oxygen atoms in total. The van der Waals surface area contributed by atoms with Crippen molar-refractivity contribution in [2.45, 2.75) is 65.0 Å². The van der Waals surface area contributed by atoms with E-state index in [1.54, 1.807) is 6.26 Å². The highest BCUT2D eigenvalue weighted by molar-refractivity contribution is 5.76. The largest absolute Gasteiger partial charge is 0.467 e. The fraction of sp³-hybridized carbons (Fsp3) is 0.476. The highest BCUT2D eigenvalue weighted by Crippen LogP contribution is 2.14. The number of hydrogen-bond donors (Lipinski definition) is 0. The van der Waals surface area contributed by atoms with E-state index in [1.165, 1.54) is 25.7 Å². The molecule has 0 fully saturated rings. The Morgan fingerprint density at radius 2 is 1.67 bits per heavy atom. The maximum absolute atomic E-state index is 12.6. The van der Waals surface area contributed by atoms with Crippen LogP contribution < -0.4 is 0 Å². The van der Waals surface area contributed by atoms with Gasteiger partial charge in [-0.2, -0.15) is 0 Å². The number of carbonyl (C=O) groups is 1. The summed E-state index contributed by atoms with van der Waals surface area (Å²) in [6.45, 7) is 3.40. The Balaban J connectivity index is 1.85. The zero-order valence-electron chi connectivity index (χ0n) is 14.7. The van der Waals surface area contributed by atoms with Gasteiger partial charge in [-0.3, -0.25) is 4.79 Å². The van der Waals surface area contributed by atoms with Gasteiger partial charge in [-0.05, 0) is 24.1 Å². The molecule has 0 aliphatic carbocycles. The Labute approximate surface area is 145 Å². The van der Waals surface area contributed by atoms with Crippen LogP contribution in [-0.2, 0) is 17.9 Å². The molecule has 0 spiro atoms. The highest BCUT2D eigenvalue weighted by atomic mass is 16.3. The van der Waals surface area contributed by atoms with Gasteiger partial charge >= 0.3 is 0 Å². The second-order valence-corrected chi connectivity index (χ2v) is 6.33. The smallest absolute Gasteiger partial charge is 0.223 e. The molecule has 2 aromatic rings. The molecule has 0 saturated carbocycles. The standard InChI is InChI=1S/C21H29NO2/c1-2-3-4-5-6-10-15-21(23)22(18-20-14-11-16-24-20)17-19-12-8-7-9-13-19/h7-9,11-14,16H,2-6,10,15,17-18H2,1H3. The maximum atomic E-state index is 12.6. The molecule has 0 radical (unpaired) electrons. The van der Waals surface area contributed by atoms with Crippen LogP contribution in [0.4, 0.5) is 0 Å². The van der Waals surface area contributed by atoms with Gasteiger partial charge in [0.25, 0.3) is 0 Å². The summed E-state index contributed by atoms with van der Waals surface area (Å²) in [6.07, 6.45) is 9.48. The average molecular weight is 327 g/mol. The Morgan fingerprint density at radius 1 is 0.917 bits per heavy atom. The number of hydrogen-bond acceptors (Lipinski definition) is 2. The Morgan fingerprint density at radius 3 is 2.38 bits per heavy atom. The molecule has 1 heterocycles. The van der Waals surface area contributed by atoms with Gasteiger partial charge in [-0.25, -0.2) is 0 Å². The summed E-state index contributed by atoms with van der Waals surface area (Å²) in [5.74, 6) is 1.05. The minimum atomic E-state index is 0.214. The molecule has 0 N–H and O–H groups in total. The molecule has 1 aromatic heterocycles. The molecule has 130 valence electrons. The normalized spacial score (nSPS) is 10.7. The molecule has 0 aliphatic heterocycles. The molecule has 0 aliphatic rings. The molecular formula is C21H29NO2. The maximum Gasteiger partial charge on any atom is 0.223 e. The lowest BCUT2D eigenvalue weighted by Crippen LogP contribution is -2.29. The van der Waals surface area contributed by atoms with Crippen LogP contribution in [0.25, 0.3) is 0 Å². The predicted molar refractivity (Wildman–Crippen MR) is 97.4 cm³/mol. The molecule has 0 unspecified atom stereocenters. The number of nitrogens with zero attached hydrogens (tertiary/aromatic N) is 1. The Hall–Kier alpha value is -2.03. The van der Waals surface area contributed by atoms with E-state index in [9.17, 15) is 4.79 Å². The van der Waals surface area contributed by atoms with Gasteiger partial charge in [0.15, 0.2) is 0 Å². The molecule has 0 atom stereocenters. The van der Waals surface area contributed by atoms with E-state index in [4.69, 9.17) is 4.42 Å². The highest BCUT2D eigenvalue weighted by Gasteiger charge is 2.15. The summed E-state index contributed by atoms with van der Waals surface area (Å²) in [7, 11) is 0. The molecule has 0 saturated heterocycles. The van der Waals surface area contributed by atoms with Crippen LogP contribution in [0.2, 0.25) is 0 Å². The molecule has 2 rings (SSSR count). The van der Waals surface area contributed by atoms with Crippen molar-refractivity contribution in [2.24, 2.45) is 0 Å². The molecule has 24 heavy (non-hydrogen) atoms. The number of carbonyl (C=O) groups excluding carboxylic acids is 1. The minimum Gasteiger partial charge on any atom is -0.467 e. The summed E-state index contributed by atoms with van der Waals surface area (Å²) >= 11 is 0. The van der Waals surface area contributed by atoms with E-state index in [2.05, 4.69) is 19.1 Å². The van der Waals surface area contributed by atoms with E-state index in [0.717, 1.165) is 24.2 Å². The average Bonchev–Trinajstić information content (AvgIpc) is 3.11. The van der Waals surface area contributed by atoms with Crippen LogP contribution >= 0.6 is 0 Å². The number of furan rings is 1. The van der Waals surface area contributed by atoms with Gasteiger partial charge < -0.3 is 9.32 Å². The van der Waals surface area contributed by atoms with Crippen molar-refractivity contribution in [1.82, 2.24) is 4.90 Å². The SMILES string of the molecule is CCCCCCCCC(=O)N(Cc1ccccc1)Cc1ccco1. The minimum absolute atomic E-state index is 0.214. The van der Waals surface area contributed by atoms with Crippen molar-refractivity contribution in [1.29, 1.82) is 0 Å². The van der Waals surface area contributed by atoms with Crippen molar-refractivity contribution in [3.63, 3.8) is 0 Å². The van der Waals surface area contributed by atoms with E-state index in [1.807, 2.05) is 35.2 Å². The van der Waals surface area contributed by atoms with Crippen molar-refractivity contribution in [3.05, 3.63) is 60.1 Å². The monoisotopic (exact) mass is 327 g/mol. The van der Waals surface area contributed by atoms with E-state index < -0.39 is 0 Å². The zero-order valence-corrected chi connectivity index (χ0v) is 14.7. The van der Waals surface area contributed by atoms with Gasteiger partial charge in [-0.15, -0.1) is 0 Å². The third-order valence-electron chi connectivity index (χ3n) is 4.24. The molecule has 0 bridgehead atoms. The van der Waals surface area contributed by atoms with Crippen molar-refractivity contribution < 1.29 is 9.21 Å². The van der Waals surface area contributed by atoms with Gasteiger partial charge in [0.2, 0.25) is 5.91 Å². The van der Waals surface area contributed by atoms with Gasteiger partial charge in [0.1, 0.15) is 5.76 Å². The third-order valence-corrected chi connectivity index (χ3v) is 4.24. The van der Waals surface area contributed by atoms with E-state index in [-0.39, 0.29) is 5.91 Å². The Bertz CT molecular complexity index is 563. The molecule has 1 amide bonds. The summed E-state index contributed by atoms with van der Waals surface area (Å²) < 4.78 is 5.43. The fourth-order valence-electron chi connectivity index (χ4n) is 2.84. The van der Waals surface area contributed by atoms with Gasteiger partial charge in [0.05, 0.1) is 12.8 Å². The van der Waals surface area contributed by atoms with Crippen LogP contribution in [0.1, 0.15) is 63.2 Å².